The summed E-state index contributed by atoms with van der Waals surface area (Å²) in [6.45, 7) is 13.6. The molecule has 0 nitrogen and oxygen atoms in total. The molecule has 0 radical (unpaired) electrons. The van der Waals surface area contributed by atoms with Gasteiger partial charge in [0.2, 0.25) is 0 Å². The molecule has 2 unspecified atom stereocenters. The van der Waals surface area contributed by atoms with Gasteiger partial charge in [-0.05, 0) is 65.7 Å². The first-order chi connectivity index (χ1) is 15.1. The Morgan fingerprint density at radius 2 is 1.35 bits per heavy atom. The van der Waals surface area contributed by atoms with Crippen molar-refractivity contribution in [3.05, 3.63) is 47.0 Å². The topological polar surface area (TPSA) is 0 Å². The van der Waals surface area contributed by atoms with Gasteiger partial charge in [0, 0.05) is 0 Å². The van der Waals surface area contributed by atoms with Crippen molar-refractivity contribution < 1.29 is 0 Å². The summed E-state index contributed by atoms with van der Waals surface area (Å²) in [5.74, 6) is 2.39. The van der Waals surface area contributed by atoms with Gasteiger partial charge in [0.25, 0.3) is 0 Å². The number of allylic oxidation sites excluding steroid dienone is 1. The van der Waals surface area contributed by atoms with Crippen LogP contribution in [0, 0.1) is 17.8 Å². The van der Waals surface area contributed by atoms with E-state index in [1.165, 1.54) is 107 Å². The van der Waals surface area contributed by atoms with Gasteiger partial charge in [-0.2, -0.15) is 0 Å². The van der Waals surface area contributed by atoms with Crippen LogP contribution in [-0.2, 0) is 12.8 Å². The second kappa shape index (κ2) is 14.7. The number of hydrogen-bond donors (Lipinski definition) is 0. The molecule has 31 heavy (non-hydrogen) atoms. The Bertz CT molecular complexity index is 659. The summed E-state index contributed by atoms with van der Waals surface area (Å²) in [6, 6.07) is 5.04. The standard InChI is InChI=1S/C31H50/c1-6-11-15-25(8-3)21-30-24-29(20-19-27-17-13-14-18-27)31(23-28(30)10-5)22-26(9-4)16-12-7-2/h10,19-20,23-27H,5-9,11-18,21-22H2,1-4H3/b20-19+. The van der Waals surface area contributed by atoms with E-state index in [0.717, 1.165) is 17.8 Å². The van der Waals surface area contributed by atoms with Crippen molar-refractivity contribution >= 4 is 12.2 Å². The van der Waals surface area contributed by atoms with E-state index in [0.29, 0.717) is 0 Å². The van der Waals surface area contributed by atoms with E-state index in [4.69, 9.17) is 0 Å². The molecule has 1 aromatic carbocycles. The fourth-order valence-electron chi connectivity index (χ4n) is 5.32. The van der Waals surface area contributed by atoms with Crippen molar-refractivity contribution in [1.29, 1.82) is 0 Å². The molecule has 0 N–H and O–H groups in total. The first kappa shape index (κ1) is 26.0. The minimum atomic E-state index is 0.795. The fourth-order valence-corrected chi connectivity index (χ4v) is 5.32. The number of rotatable bonds is 15. The summed E-state index contributed by atoms with van der Waals surface area (Å²) in [6.07, 6.45) is 25.7. The maximum atomic E-state index is 4.20. The van der Waals surface area contributed by atoms with E-state index in [1.54, 1.807) is 5.56 Å². The Morgan fingerprint density at radius 1 is 0.839 bits per heavy atom. The summed E-state index contributed by atoms with van der Waals surface area (Å²) >= 11 is 0. The van der Waals surface area contributed by atoms with Gasteiger partial charge in [0.05, 0.1) is 0 Å². The number of benzene rings is 1. The van der Waals surface area contributed by atoms with Crippen molar-refractivity contribution in [2.75, 3.05) is 0 Å². The molecule has 174 valence electrons. The lowest BCUT2D eigenvalue weighted by Crippen LogP contribution is -2.09. The van der Waals surface area contributed by atoms with Gasteiger partial charge in [-0.15, -0.1) is 0 Å². The van der Waals surface area contributed by atoms with Crippen LogP contribution in [-0.4, -0.2) is 0 Å². The molecule has 1 saturated carbocycles. The van der Waals surface area contributed by atoms with Crippen LogP contribution >= 0.6 is 0 Å². The molecule has 0 aliphatic heterocycles. The van der Waals surface area contributed by atoms with E-state index >= 15 is 0 Å². The molecule has 0 saturated heterocycles. The lowest BCUT2D eigenvalue weighted by atomic mass is 9.84. The molecule has 0 bridgehead atoms. The summed E-state index contributed by atoms with van der Waals surface area (Å²) in [4.78, 5) is 0. The molecular weight excluding hydrogens is 372 g/mol. The summed E-state index contributed by atoms with van der Waals surface area (Å²) in [5.41, 5.74) is 5.95. The van der Waals surface area contributed by atoms with Gasteiger partial charge < -0.3 is 0 Å². The molecule has 1 aliphatic carbocycles. The minimum Gasteiger partial charge on any atom is -0.0985 e. The molecule has 0 heteroatoms. The van der Waals surface area contributed by atoms with E-state index < -0.39 is 0 Å². The molecule has 2 rings (SSSR count). The highest BCUT2D eigenvalue weighted by Crippen LogP contribution is 2.31. The molecule has 2 atom stereocenters. The third kappa shape index (κ3) is 8.63. The average molecular weight is 423 g/mol. The lowest BCUT2D eigenvalue weighted by Gasteiger charge is -2.21. The van der Waals surface area contributed by atoms with Crippen molar-refractivity contribution in [2.45, 2.75) is 118 Å². The van der Waals surface area contributed by atoms with Gasteiger partial charge in [-0.1, -0.05) is 129 Å². The minimum absolute atomic E-state index is 0.795. The summed E-state index contributed by atoms with van der Waals surface area (Å²) in [7, 11) is 0. The Kier molecular flexibility index (Phi) is 12.3. The Balaban J connectivity index is 2.33. The number of hydrogen-bond acceptors (Lipinski definition) is 0. The predicted octanol–water partition coefficient (Wildman–Crippen LogP) is 10.1. The SMILES string of the molecule is C=Cc1cc(CC(CC)CCCC)c(/C=C/C2CCCC2)cc1CC(CC)CCCC. The first-order valence-electron chi connectivity index (χ1n) is 13.6. The molecule has 0 amide bonds. The molecule has 1 aliphatic rings. The molecule has 1 fully saturated rings. The monoisotopic (exact) mass is 422 g/mol. The molecule has 0 aromatic heterocycles. The highest BCUT2D eigenvalue weighted by Gasteiger charge is 2.16. The highest BCUT2D eigenvalue weighted by atomic mass is 14.2. The molecule has 1 aromatic rings. The van der Waals surface area contributed by atoms with E-state index in [-0.39, 0.29) is 0 Å². The Morgan fingerprint density at radius 3 is 1.84 bits per heavy atom. The van der Waals surface area contributed by atoms with Crippen LogP contribution in [0.15, 0.2) is 24.8 Å². The van der Waals surface area contributed by atoms with Crippen LogP contribution < -0.4 is 0 Å². The predicted molar refractivity (Wildman–Crippen MR) is 142 cm³/mol. The van der Waals surface area contributed by atoms with Crippen LogP contribution in [0.25, 0.3) is 12.2 Å². The molecule has 0 heterocycles. The van der Waals surface area contributed by atoms with Crippen LogP contribution in [0.2, 0.25) is 0 Å². The summed E-state index contributed by atoms with van der Waals surface area (Å²) in [5, 5.41) is 0. The smallest absolute Gasteiger partial charge is 0.0224 e. The normalized spacial score (nSPS) is 16.8. The van der Waals surface area contributed by atoms with Crippen molar-refractivity contribution in [3.63, 3.8) is 0 Å². The van der Waals surface area contributed by atoms with Crippen LogP contribution in [0.4, 0.5) is 0 Å². The van der Waals surface area contributed by atoms with Crippen molar-refractivity contribution in [1.82, 2.24) is 0 Å². The first-order valence-corrected chi connectivity index (χ1v) is 13.6. The van der Waals surface area contributed by atoms with Crippen LogP contribution in [0.3, 0.4) is 0 Å². The third-order valence-corrected chi connectivity index (χ3v) is 7.67. The van der Waals surface area contributed by atoms with Gasteiger partial charge in [0.15, 0.2) is 0 Å². The van der Waals surface area contributed by atoms with Crippen molar-refractivity contribution in [3.8, 4) is 0 Å². The van der Waals surface area contributed by atoms with Crippen LogP contribution in [0.5, 0.6) is 0 Å². The lowest BCUT2D eigenvalue weighted by molar-refractivity contribution is 0.446. The van der Waals surface area contributed by atoms with Crippen LogP contribution in [0.1, 0.15) is 127 Å². The maximum absolute atomic E-state index is 4.20. The van der Waals surface area contributed by atoms with E-state index in [2.05, 4.69) is 64.6 Å². The van der Waals surface area contributed by atoms with E-state index in [1.807, 2.05) is 0 Å². The maximum Gasteiger partial charge on any atom is -0.0224 e. The van der Waals surface area contributed by atoms with Crippen molar-refractivity contribution in [2.24, 2.45) is 17.8 Å². The fraction of sp³-hybridized carbons (Fsp3) is 0.677. The van der Waals surface area contributed by atoms with Gasteiger partial charge in [0.1, 0.15) is 0 Å². The quantitative estimate of drug-likeness (QED) is 0.264. The van der Waals surface area contributed by atoms with E-state index in [9.17, 15) is 0 Å². The zero-order valence-corrected chi connectivity index (χ0v) is 21.2. The average Bonchev–Trinajstić information content (AvgIpc) is 3.32. The van der Waals surface area contributed by atoms with Gasteiger partial charge in [-0.3, -0.25) is 0 Å². The largest absolute Gasteiger partial charge is 0.0985 e. The molecular formula is C31H50. The Hall–Kier alpha value is -1.30. The number of unbranched alkanes of at least 4 members (excludes halogenated alkanes) is 2. The second-order valence-corrected chi connectivity index (χ2v) is 10.1. The zero-order valence-electron chi connectivity index (χ0n) is 21.2. The highest BCUT2D eigenvalue weighted by molar-refractivity contribution is 5.63. The Labute approximate surface area is 194 Å². The summed E-state index contributed by atoms with van der Waals surface area (Å²) < 4.78 is 0. The van der Waals surface area contributed by atoms with Gasteiger partial charge in [-0.25, -0.2) is 0 Å². The molecule has 0 spiro atoms. The third-order valence-electron chi connectivity index (χ3n) is 7.67. The zero-order chi connectivity index (χ0) is 22.5. The van der Waals surface area contributed by atoms with Gasteiger partial charge >= 0.3 is 0 Å². The second-order valence-electron chi connectivity index (χ2n) is 10.1.